The second-order valence-electron chi connectivity index (χ2n) is 6.44. The second kappa shape index (κ2) is 9.72. The van der Waals surface area contributed by atoms with Crippen molar-refractivity contribution in [3.8, 4) is 0 Å². The van der Waals surface area contributed by atoms with Crippen LogP contribution in [0.4, 0.5) is 0 Å². The van der Waals surface area contributed by atoms with Crippen molar-refractivity contribution in [3.63, 3.8) is 0 Å². The van der Waals surface area contributed by atoms with Crippen LogP contribution in [0.1, 0.15) is 30.2 Å². The summed E-state index contributed by atoms with van der Waals surface area (Å²) < 4.78 is 0. The number of amides is 1. The predicted molar refractivity (Wildman–Crippen MR) is 114 cm³/mol. The van der Waals surface area contributed by atoms with Gasteiger partial charge in [-0.3, -0.25) is 9.69 Å². The van der Waals surface area contributed by atoms with Crippen LogP contribution in [-0.4, -0.2) is 60.4 Å². The van der Waals surface area contributed by atoms with E-state index in [1.807, 2.05) is 4.90 Å². The maximum absolute atomic E-state index is 12.3. The van der Waals surface area contributed by atoms with E-state index in [1.165, 1.54) is 23.3 Å². The third-order valence-electron chi connectivity index (χ3n) is 4.97. The number of nitrogens with two attached hydrogens (primary N) is 1. The van der Waals surface area contributed by atoms with E-state index < -0.39 is 0 Å². The average molecular weight is 477 g/mol. The van der Waals surface area contributed by atoms with Gasteiger partial charge in [-0.15, -0.1) is 35.3 Å². The molecular weight excluding hydrogens is 449 g/mol. The van der Waals surface area contributed by atoms with E-state index in [9.17, 15) is 4.79 Å². The number of fused-ring (bicyclic) bond motifs is 1. The van der Waals surface area contributed by atoms with Crippen molar-refractivity contribution < 1.29 is 4.79 Å². The fraction of sp³-hybridized carbons (Fsp3) is 0.647. The number of aliphatic imine (C=N–C) groups is 1. The van der Waals surface area contributed by atoms with Gasteiger partial charge in [-0.1, -0.05) is 6.92 Å². The molecule has 0 aliphatic carbocycles. The van der Waals surface area contributed by atoms with Gasteiger partial charge in [0.2, 0.25) is 5.91 Å². The van der Waals surface area contributed by atoms with Gasteiger partial charge >= 0.3 is 0 Å². The molecule has 1 aromatic rings. The van der Waals surface area contributed by atoms with Crippen molar-refractivity contribution in [1.82, 2.24) is 15.1 Å². The summed E-state index contributed by atoms with van der Waals surface area (Å²) in [7, 11) is 0. The number of likely N-dealkylation sites (N-methyl/N-ethyl adjacent to an activating group) is 1. The zero-order valence-electron chi connectivity index (χ0n) is 14.7. The Hall–Kier alpha value is -0.870. The Kier molecular flexibility index (Phi) is 7.95. The molecule has 2 aliphatic rings. The van der Waals surface area contributed by atoms with Crippen molar-refractivity contribution in [2.45, 2.75) is 38.8 Å². The quantitative estimate of drug-likeness (QED) is 0.384. The van der Waals surface area contributed by atoms with Gasteiger partial charge in [0.05, 0.1) is 0 Å². The van der Waals surface area contributed by atoms with Crippen LogP contribution < -0.4 is 11.1 Å². The van der Waals surface area contributed by atoms with E-state index in [0.717, 1.165) is 32.6 Å². The molecule has 3 rings (SSSR count). The van der Waals surface area contributed by atoms with Crippen LogP contribution in [0.2, 0.25) is 0 Å². The lowest BCUT2D eigenvalue weighted by atomic mass is 10.1. The molecule has 140 valence electrons. The molecule has 1 fully saturated rings. The van der Waals surface area contributed by atoms with Gasteiger partial charge in [-0.05, 0) is 49.4 Å². The summed E-state index contributed by atoms with van der Waals surface area (Å²) in [5.74, 6) is 0.423. The fourth-order valence-electron chi connectivity index (χ4n) is 3.54. The van der Waals surface area contributed by atoms with Crippen molar-refractivity contribution in [2.24, 2.45) is 10.7 Å². The second-order valence-corrected chi connectivity index (χ2v) is 7.44. The summed E-state index contributed by atoms with van der Waals surface area (Å²) in [5, 5.41) is 5.27. The van der Waals surface area contributed by atoms with Crippen LogP contribution in [0, 0.1) is 0 Å². The summed E-state index contributed by atoms with van der Waals surface area (Å²) in [6.07, 6.45) is 3.39. The summed E-state index contributed by atoms with van der Waals surface area (Å²) in [4.78, 5) is 22.3. The Morgan fingerprint density at radius 3 is 3.12 bits per heavy atom. The Morgan fingerprint density at radius 2 is 2.32 bits per heavy atom. The smallest absolute Gasteiger partial charge is 0.244 e. The monoisotopic (exact) mass is 477 g/mol. The topological polar surface area (TPSA) is 74.0 Å². The molecule has 0 saturated carbocycles. The molecule has 0 spiro atoms. The lowest BCUT2D eigenvalue weighted by molar-refractivity contribution is -0.130. The number of rotatable bonds is 5. The number of nitrogens with one attached hydrogen (secondary N) is 1. The molecule has 8 heteroatoms. The minimum absolute atomic E-state index is 0. The zero-order valence-corrected chi connectivity index (χ0v) is 17.9. The van der Waals surface area contributed by atoms with Gasteiger partial charge in [0, 0.05) is 30.6 Å². The normalized spacial score (nSPS) is 20.9. The van der Waals surface area contributed by atoms with E-state index in [1.54, 1.807) is 11.3 Å². The molecule has 1 amide bonds. The summed E-state index contributed by atoms with van der Waals surface area (Å²) in [6, 6.07) is 2.64. The van der Waals surface area contributed by atoms with Gasteiger partial charge in [-0.25, -0.2) is 4.99 Å². The Morgan fingerprint density at radius 1 is 1.48 bits per heavy atom. The first-order chi connectivity index (χ1) is 11.7. The van der Waals surface area contributed by atoms with Gasteiger partial charge < -0.3 is 16.0 Å². The first-order valence-corrected chi connectivity index (χ1v) is 9.66. The van der Waals surface area contributed by atoms with E-state index in [0.29, 0.717) is 18.5 Å². The molecule has 0 radical (unpaired) electrons. The fourth-order valence-corrected chi connectivity index (χ4v) is 4.42. The van der Waals surface area contributed by atoms with Crippen molar-refractivity contribution in [1.29, 1.82) is 0 Å². The highest BCUT2D eigenvalue weighted by Crippen LogP contribution is 2.23. The number of halogens is 1. The Labute approximate surface area is 170 Å². The lowest BCUT2D eigenvalue weighted by Crippen LogP contribution is -2.43. The highest BCUT2D eigenvalue weighted by atomic mass is 127. The van der Waals surface area contributed by atoms with Gasteiger partial charge in [0.25, 0.3) is 0 Å². The van der Waals surface area contributed by atoms with Crippen molar-refractivity contribution >= 4 is 47.2 Å². The minimum atomic E-state index is 0. The highest BCUT2D eigenvalue weighted by Gasteiger charge is 2.23. The van der Waals surface area contributed by atoms with E-state index >= 15 is 0 Å². The van der Waals surface area contributed by atoms with Crippen molar-refractivity contribution in [3.05, 3.63) is 21.9 Å². The molecule has 1 saturated heterocycles. The number of carbonyl (C=O) groups excluding carboxylic acids is 1. The molecule has 0 bridgehead atoms. The standard InChI is InChI=1S/C17H27N5OS.HI/c1-2-21-7-3-4-14(21)10-19-17(18)20-11-16(23)22-8-5-15-13(12-22)6-9-24-15;/h6,9,14H,2-5,7-8,10-12H2,1H3,(H3,18,19,20);1H. The molecule has 2 aliphatic heterocycles. The van der Waals surface area contributed by atoms with E-state index in [2.05, 4.69) is 33.6 Å². The zero-order chi connectivity index (χ0) is 16.9. The number of hydrogen-bond acceptors (Lipinski definition) is 4. The van der Waals surface area contributed by atoms with Gasteiger partial charge in [0.15, 0.2) is 5.96 Å². The number of carbonyl (C=O) groups is 1. The van der Waals surface area contributed by atoms with Crippen LogP contribution in [0.5, 0.6) is 0 Å². The number of nitrogens with zero attached hydrogens (tertiary/aromatic N) is 3. The van der Waals surface area contributed by atoms with Crippen LogP contribution in [0.15, 0.2) is 16.4 Å². The Bertz CT molecular complexity index is 606. The number of thiophene rings is 1. The largest absolute Gasteiger partial charge is 0.370 e. The van der Waals surface area contributed by atoms with Gasteiger partial charge in [0.1, 0.15) is 6.54 Å². The number of hydrogen-bond donors (Lipinski definition) is 2. The maximum atomic E-state index is 12.3. The molecule has 3 N–H and O–H groups in total. The average Bonchev–Trinajstić information content (AvgIpc) is 3.25. The molecule has 1 atom stereocenters. The highest BCUT2D eigenvalue weighted by molar-refractivity contribution is 14.0. The van der Waals surface area contributed by atoms with Crippen LogP contribution in [0.25, 0.3) is 0 Å². The van der Waals surface area contributed by atoms with Crippen LogP contribution >= 0.6 is 35.3 Å². The molecule has 6 nitrogen and oxygen atoms in total. The lowest BCUT2D eigenvalue weighted by Gasteiger charge is -2.26. The molecule has 3 heterocycles. The molecular formula is C17H28IN5OS. The summed E-state index contributed by atoms with van der Waals surface area (Å²) in [6.45, 7) is 6.84. The van der Waals surface area contributed by atoms with Crippen LogP contribution in [0.3, 0.4) is 0 Å². The maximum Gasteiger partial charge on any atom is 0.244 e. The third kappa shape index (κ3) is 5.30. The van der Waals surface area contributed by atoms with Crippen molar-refractivity contribution in [2.75, 3.05) is 32.7 Å². The number of guanidine groups is 1. The minimum Gasteiger partial charge on any atom is -0.370 e. The first-order valence-electron chi connectivity index (χ1n) is 8.78. The molecule has 25 heavy (non-hydrogen) atoms. The molecule has 0 aromatic carbocycles. The SMILES string of the molecule is CCN1CCCC1CNC(N)=NCC(=O)N1CCc2sccc2C1.I. The van der Waals surface area contributed by atoms with Crippen LogP contribution in [-0.2, 0) is 17.8 Å². The Balaban J connectivity index is 0.00000225. The third-order valence-corrected chi connectivity index (χ3v) is 5.99. The van der Waals surface area contributed by atoms with E-state index in [-0.39, 0.29) is 36.4 Å². The molecule has 1 unspecified atom stereocenters. The van der Waals surface area contributed by atoms with Gasteiger partial charge in [-0.2, -0.15) is 0 Å². The summed E-state index contributed by atoms with van der Waals surface area (Å²) >= 11 is 1.78. The first kappa shape index (κ1) is 20.4. The summed E-state index contributed by atoms with van der Waals surface area (Å²) in [5.41, 5.74) is 7.20. The van der Waals surface area contributed by atoms with E-state index in [4.69, 9.17) is 5.73 Å². The number of likely N-dealkylation sites (tertiary alicyclic amines) is 1. The predicted octanol–water partition coefficient (Wildman–Crippen LogP) is 1.64. The molecule has 1 aromatic heterocycles.